The van der Waals surface area contributed by atoms with Crippen molar-refractivity contribution < 1.29 is 4.74 Å². The number of guanidine groups is 1. The first-order valence-electron chi connectivity index (χ1n) is 9.59. The molecule has 0 aliphatic carbocycles. The molecule has 2 atom stereocenters. The number of hydrogen-bond donors (Lipinski definition) is 1. The van der Waals surface area contributed by atoms with Gasteiger partial charge in [-0.05, 0) is 36.5 Å². The van der Waals surface area contributed by atoms with E-state index >= 15 is 0 Å². The molecule has 0 amide bonds. The van der Waals surface area contributed by atoms with Gasteiger partial charge in [-0.2, -0.15) is 0 Å². The fraction of sp³-hybridized carbons (Fsp3) is 0.409. The fourth-order valence-electron chi connectivity index (χ4n) is 4.14. The summed E-state index contributed by atoms with van der Waals surface area (Å²) < 4.78 is 6.13. The summed E-state index contributed by atoms with van der Waals surface area (Å²) in [6.45, 7) is 2.72. The molecule has 5 heteroatoms. The molecule has 4 rings (SSSR count). The first-order valence-corrected chi connectivity index (χ1v) is 9.59. The second kappa shape index (κ2) is 9.55. The summed E-state index contributed by atoms with van der Waals surface area (Å²) in [5.41, 5.74) is 3.96. The van der Waals surface area contributed by atoms with E-state index in [1.165, 1.54) is 23.2 Å². The lowest BCUT2D eigenvalue weighted by Crippen LogP contribution is -2.44. The zero-order valence-corrected chi connectivity index (χ0v) is 18.1. The summed E-state index contributed by atoms with van der Waals surface area (Å²) in [7, 11) is 1.87. The number of rotatable bonds is 3. The van der Waals surface area contributed by atoms with E-state index < -0.39 is 0 Å². The Bertz CT molecular complexity index is 765. The van der Waals surface area contributed by atoms with Crippen LogP contribution in [-0.2, 0) is 11.2 Å². The van der Waals surface area contributed by atoms with Gasteiger partial charge in [0.25, 0.3) is 0 Å². The van der Waals surface area contributed by atoms with Gasteiger partial charge in [0.15, 0.2) is 5.96 Å². The van der Waals surface area contributed by atoms with Gasteiger partial charge in [0.2, 0.25) is 0 Å². The molecule has 0 aromatic heterocycles. The van der Waals surface area contributed by atoms with Crippen LogP contribution in [0.3, 0.4) is 0 Å². The summed E-state index contributed by atoms with van der Waals surface area (Å²) in [6, 6.07) is 19.2. The van der Waals surface area contributed by atoms with Crippen LogP contribution in [0.1, 0.15) is 30.1 Å². The van der Waals surface area contributed by atoms with Crippen molar-refractivity contribution in [1.82, 2.24) is 5.32 Å². The van der Waals surface area contributed by atoms with E-state index in [1.54, 1.807) is 0 Å². The van der Waals surface area contributed by atoms with Crippen molar-refractivity contribution in [3.8, 4) is 0 Å². The van der Waals surface area contributed by atoms with E-state index in [4.69, 9.17) is 4.74 Å². The number of anilines is 1. The standard InChI is InChI=1S/C22H27N3O.HI/c1-23-22(25-14-13-17-8-5-6-12-20(17)25)24-16-19-11-7-15-26-21(19)18-9-3-2-4-10-18;/h2-6,8-10,12,19,21H,7,11,13-16H2,1H3,(H,23,24);1H. The summed E-state index contributed by atoms with van der Waals surface area (Å²) in [6.07, 6.45) is 3.55. The maximum atomic E-state index is 6.13. The van der Waals surface area contributed by atoms with Crippen molar-refractivity contribution in [2.24, 2.45) is 10.9 Å². The molecule has 2 aromatic rings. The van der Waals surface area contributed by atoms with Crippen molar-refractivity contribution in [3.05, 3.63) is 65.7 Å². The highest BCUT2D eigenvalue weighted by Crippen LogP contribution is 2.33. The molecule has 1 saturated heterocycles. The molecule has 2 aliphatic rings. The van der Waals surface area contributed by atoms with E-state index in [0.717, 1.165) is 38.5 Å². The highest BCUT2D eigenvalue weighted by atomic mass is 127. The zero-order valence-electron chi connectivity index (χ0n) is 15.8. The normalized spacial score (nSPS) is 22.1. The van der Waals surface area contributed by atoms with Crippen LogP contribution in [0.2, 0.25) is 0 Å². The quantitative estimate of drug-likeness (QED) is 0.404. The Kier molecular flexibility index (Phi) is 7.13. The van der Waals surface area contributed by atoms with Gasteiger partial charge in [-0.25, -0.2) is 0 Å². The lowest BCUT2D eigenvalue weighted by atomic mass is 9.89. The number of halogens is 1. The van der Waals surface area contributed by atoms with Crippen LogP contribution in [0.15, 0.2) is 59.6 Å². The summed E-state index contributed by atoms with van der Waals surface area (Å²) >= 11 is 0. The number of nitrogens with zero attached hydrogens (tertiary/aromatic N) is 2. The van der Waals surface area contributed by atoms with Crippen molar-refractivity contribution in [2.45, 2.75) is 25.4 Å². The number of hydrogen-bond acceptors (Lipinski definition) is 2. The van der Waals surface area contributed by atoms with Gasteiger partial charge < -0.3 is 15.0 Å². The maximum absolute atomic E-state index is 6.13. The van der Waals surface area contributed by atoms with Crippen LogP contribution in [-0.4, -0.2) is 32.7 Å². The minimum atomic E-state index is 0. The summed E-state index contributed by atoms with van der Waals surface area (Å²) in [4.78, 5) is 6.84. The van der Waals surface area contributed by atoms with Gasteiger partial charge in [0.1, 0.15) is 0 Å². The van der Waals surface area contributed by atoms with Gasteiger partial charge in [0.05, 0.1) is 6.10 Å². The second-order valence-electron chi connectivity index (χ2n) is 7.06. The fourth-order valence-corrected chi connectivity index (χ4v) is 4.14. The number of nitrogens with one attached hydrogen (secondary N) is 1. The molecule has 0 saturated carbocycles. The lowest BCUT2D eigenvalue weighted by molar-refractivity contribution is -0.0265. The van der Waals surface area contributed by atoms with Crippen LogP contribution >= 0.6 is 24.0 Å². The summed E-state index contributed by atoms with van der Waals surface area (Å²) in [5.74, 6) is 1.42. The monoisotopic (exact) mass is 477 g/mol. The largest absolute Gasteiger partial charge is 0.373 e. The van der Waals surface area contributed by atoms with E-state index in [9.17, 15) is 0 Å². The van der Waals surface area contributed by atoms with Crippen molar-refractivity contribution in [3.63, 3.8) is 0 Å². The van der Waals surface area contributed by atoms with E-state index in [0.29, 0.717) is 5.92 Å². The van der Waals surface area contributed by atoms with Crippen molar-refractivity contribution in [2.75, 3.05) is 31.6 Å². The first-order chi connectivity index (χ1) is 12.9. The predicted molar refractivity (Wildman–Crippen MR) is 122 cm³/mol. The minimum Gasteiger partial charge on any atom is -0.373 e. The lowest BCUT2D eigenvalue weighted by Gasteiger charge is -2.33. The number of benzene rings is 2. The van der Waals surface area contributed by atoms with Gasteiger partial charge >= 0.3 is 0 Å². The molecule has 4 nitrogen and oxygen atoms in total. The average molecular weight is 477 g/mol. The molecule has 27 heavy (non-hydrogen) atoms. The number of fused-ring (bicyclic) bond motifs is 1. The molecule has 2 aromatic carbocycles. The van der Waals surface area contributed by atoms with Crippen LogP contribution in [0.4, 0.5) is 5.69 Å². The second-order valence-corrected chi connectivity index (χ2v) is 7.06. The molecule has 144 valence electrons. The average Bonchev–Trinajstić information content (AvgIpc) is 3.14. The smallest absolute Gasteiger partial charge is 0.198 e. The minimum absolute atomic E-state index is 0. The Hall–Kier alpha value is -1.60. The highest BCUT2D eigenvalue weighted by Gasteiger charge is 2.29. The SMILES string of the molecule is CN=C(NCC1CCCOC1c1ccccc1)N1CCc2ccccc21.I. The van der Waals surface area contributed by atoms with Crippen LogP contribution in [0.5, 0.6) is 0 Å². The molecule has 2 unspecified atom stereocenters. The van der Waals surface area contributed by atoms with Gasteiger partial charge in [-0.1, -0.05) is 48.5 Å². The molecule has 0 bridgehead atoms. The molecule has 2 aliphatic heterocycles. The molecule has 0 spiro atoms. The third-order valence-corrected chi connectivity index (χ3v) is 5.45. The molecule has 0 radical (unpaired) electrons. The Balaban J connectivity index is 0.00000210. The van der Waals surface area contributed by atoms with Gasteiger partial charge in [0, 0.05) is 38.3 Å². The topological polar surface area (TPSA) is 36.9 Å². The molecular weight excluding hydrogens is 449 g/mol. The first kappa shape index (κ1) is 20.1. The van der Waals surface area contributed by atoms with Crippen LogP contribution in [0, 0.1) is 5.92 Å². The third kappa shape index (κ3) is 4.46. The Morgan fingerprint density at radius 1 is 1.15 bits per heavy atom. The predicted octanol–water partition coefficient (Wildman–Crippen LogP) is 4.41. The van der Waals surface area contributed by atoms with E-state index in [-0.39, 0.29) is 30.1 Å². The Morgan fingerprint density at radius 3 is 2.74 bits per heavy atom. The number of ether oxygens (including phenoxy) is 1. The van der Waals surface area contributed by atoms with Crippen molar-refractivity contribution in [1.29, 1.82) is 0 Å². The molecule has 1 N–H and O–H groups in total. The number of aliphatic imine (C=N–C) groups is 1. The maximum Gasteiger partial charge on any atom is 0.198 e. The Labute approximate surface area is 179 Å². The third-order valence-electron chi connectivity index (χ3n) is 5.45. The molecule has 1 fully saturated rings. The highest BCUT2D eigenvalue weighted by molar-refractivity contribution is 14.0. The summed E-state index contributed by atoms with van der Waals surface area (Å²) in [5, 5.41) is 3.62. The van der Waals surface area contributed by atoms with Gasteiger partial charge in [-0.15, -0.1) is 24.0 Å². The Morgan fingerprint density at radius 2 is 1.93 bits per heavy atom. The van der Waals surface area contributed by atoms with Gasteiger partial charge in [-0.3, -0.25) is 4.99 Å². The number of para-hydroxylation sites is 1. The molecule has 2 heterocycles. The zero-order chi connectivity index (χ0) is 17.8. The van der Waals surface area contributed by atoms with Crippen molar-refractivity contribution >= 4 is 35.6 Å². The van der Waals surface area contributed by atoms with Crippen LogP contribution in [0.25, 0.3) is 0 Å². The molecular formula is C22H28IN3O. The van der Waals surface area contributed by atoms with Crippen LogP contribution < -0.4 is 10.2 Å². The van der Waals surface area contributed by atoms with E-state index in [1.807, 2.05) is 7.05 Å². The van der Waals surface area contributed by atoms with E-state index in [2.05, 4.69) is 69.8 Å².